The van der Waals surface area contributed by atoms with Gasteiger partial charge in [-0.25, -0.2) is 9.36 Å². The number of phosphoric acid groups is 1. The van der Waals surface area contributed by atoms with Crippen LogP contribution in [0.3, 0.4) is 0 Å². The molecule has 1 aromatic rings. The highest BCUT2D eigenvalue weighted by Crippen LogP contribution is 2.44. The summed E-state index contributed by atoms with van der Waals surface area (Å²) in [6.45, 7) is 0.173. The summed E-state index contributed by atoms with van der Waals surface area (Å²) in [5.41, 5.74) is -1.28. The maximum Gasteiger partial charge on any atom is 0.469 e. The second-order valence-corrected chi connectivity index (χ2v) is 7.99. The number of carbonyl (C=O) groups is 2. The zero-order valence-electron chi connectivity index (χ0n) is 16.7. The number of anilines is 1. The highest BCUT2D eigenvalue weighted by atomic mass is 31.2. The van der Waals surface area contributed by atoms with Gasteiger partial charge in [0.25, 0.3) is 5.91 Å². The molecule has 180 valence electrons. The molecule has 4 N–H and O–H groups in total. The van der Waals surface area contributed by atoms with Crippen LogP contribution in [0.5, 0.6) is 0 Å². The molecule has 1 fully saturated rings. The number of halogens is 2. The predicted molar refractivity (Wildman–Crippen MR) is 100 cm³/mol. The number of nitrogens with one attached hydrogen (secondary N) is 1. The lowest BCUT2D eigenvalue weighted by Crippen LogP contribution is -2.42. The average Bonchev–Trinajstić information content (AvgIpc) is 2.92. The normalized spacial score (nSPS) is 22.5. The molecular weight excluding hydrogens is 463 g/mol. The number of aromatic nitrogens is 2. The summed E-state index contributed by atoms with van der Waals surface area (Å²) in [5.74, 6) is -5.75. The van der Waals surface area contributed by atoms with E-state index < -0.39 is 63.0 Å². The fourth-order valence-electron chi connectivity index (χ4n) is 2.66. The van der Waals surface area contributed by atoms with Gasteiger partial charge in [-0.3, -0.25) is 18.7 Å². The van der Waals surface area contributed by atoms with Gasteiger partial charge in [-0.05, 0) is 12.5 Å². The third-order valence-electron chi connectivity index (χ3n) is 4.24. The van der Waals surface area contributed by atoms with Crippen molar-refractivity contribution >= 4 is 25.5 Å². The fourth-order valence-corrected chi connectivity index (χ4v) is 3.00. The molecule has 1 aliphatic heterocycles. The lowest BCUT2D eigenvalue weighted by molar-refractivity contribution is -0.147. The smallest absolute Gasteiger partial charge is 0.456 e. The molecule has 1 aliphatic rings. The molecule has 1 saturated heterocycles. The third kappa shape index (κ3) is 6.85. The van der Waals surface area contributed by atoms with Crippen LogP contribution in [0.15, 0.2) is 17.1 Å². The number of aliphatic hydroxyl groups excluding tert-OH is 1. The molecule has 13 nitrogen and oxygen atoms in total. The molecule has 3 atom stereocenters. The molecule has 2 rings (SSSR count). The number of unbranched alkanes of at least 4 members (excludes halogenated alkanes) is 1. The van der Waals surface area contributed by atoms with E-state index in [4.69, 9.17) is 19.3 Å². The summed E-state index contributed by atoms with van der Waals surface area (Å²) in [7, 11) is -5.01. The molecule has 0 unspecified atom stereocenters. The van der Waals surface area contributed by atoms with Gasteiger partial charge in [0.15, 0.2) is 12.7 Å². The number of rotatable bonds is 10. The van der Waals surface area contributed by atoms with Crippen molar-refractivity contribution < 1.29 is 51.8 Å². The summed E-state index contributed by atoms with van der Waals surface area (Å²) in [6, 6.07) is 0.990. The predicted octanol–water partition coefficient (Wildman–Crippen LogP) is -0.0819. The van der Waals surface area contributed by atoms with Crippen molar-refractivity contribution in [1.82, 2.24) is 9.55 Å². The van der Waals surface area contributed by atoms with Crippen LogP contribution in [0.4, 0.5) is 14.6 Å². The van der Waals surface area contributed by atoms with Gasteiger partial charge in [0.1, 0.15) is 11.9 Å². The number of hydrogen-bond donors (Lipinski definition) is 4. The molecule has 0 aromatic carbocycles. The lowest BCUT2D eigenvalue weighted by atomic mass is 10.1. The zero-order chi connectivity index (χ0) is 24.1. The minimum atomic E-state index is -5.01. The summed E-state index contributed by atoms with van der Waals surface area (Å²) in [6.07, 6.45) is -4.43. The Balaban J connectivity index is 2.04. The first-order valence-corrected chi connectivity index (χ1v) is 10.8. The summed E-state index contributed by atoms with van der Waals surface area (Å²) < 4.78 is 53.5. The van der Waals surface area contributed by atoms with Gasteiger partial charge < -0.3 is 29.7 Å². The Morgan fingerprint density at radius 2 is 2.09 bits per heavy atom. The SMILES string of the molecule is CCCCC(=O)OCC(=O)Nc1ccn([C@@H]2O[C@H](COP(=O)(O)O)[C@@H](O)C2(F)F)c(=O)n1. The van der Waals surface area contributed by atoms with Crippen LogP contribution in [0, 0.1) is 0 Å². The zero-order valence-corrected chi connectivity index (χ0v) is 17.6. The van der Waals surface area contributed by atoms with Crippen LogP contribution < -0.4 is 11.0 Å². The van der Waals surface area contributed by atoms with Gasteiger partial charge in [-0.2, -0.15) is 13.8 Å². The number of aliphatic hydroxyl groups is 1. The third-order valence-corrected chi connectivity index (χ3v) is 4.72. The first-order chi connectivity index (χ1) is 14.8. The number of phosphoric ester groups is 1. The van der Waals surface area contributed by atoms with E-state index in [-0.39, 0.29) is 12.2 Å². The van der Waals surface area contributed by atoms with Crippen LogP contribution in [0.1, 0.15) is 32.4 Å². The van der Waals surface area contributed by atoms with Gasteiger partial charge >= 0.3 is 25.4 Å². The van der Waals surface area contributed by atoms with E-state index in [0.29, 0.717) is 11.0 Å². The van der Waals surface area contributed by atoms with E-state index in [2.05, 4.69) is 14.8 Å². The Hall–Kier alpha value is -2.29. The number of carbonyl (C=O) groups excluding carboxylic acids is 2. The number of nitrogens with zero attached hydrogens (tertiary/aromatic N) is 2. The molecule has 0 aliphatic carbocycles. The van der Waals surface area contributed by atoms with E-state index in [1.165, 1.54) is 0 Å². The van der Waals surface area contributed by atoms with Gasteiger partial charge in [0.2, 0.25) is 6.23 Å². The van der Waals surface area contributed by atoms with Crippen molar-refractivity contribution in [2.24, 2.45) is 0 Å². The second kappa shape index (κ2) is 10.6. The van der Waals surface area contributed by atoms with E-state index in [1.54, 1.807) is 0 Å². The van der Waals surface area contributed by atoms with Crippen LogP contribution in [-0.4, -0.2) is 67.7 Å². The highest BCUT2D eigenvalue weighted by molar-refractivity contribution is 7.46. The van der Waals surface area contributed by atoms with E-state index >= 15 is 0 Å². The number of ether oxygens (including phenoxy) is 2. The van der Waals surface area contributed by atoms with Crippen molar-refractivity contribution in [2.45, 2.75) is 50.5 Å². The topological polar surface area (TPSA) is 187 Å². The molecule has 0 spiro atoms. The first kappa shape index (κ1) is 26.0. The number of amides is 1. The maximum absolute atomic E-state index is 14.4. The molecule has 0 bridgehead atoms. The van der Waals surface area contributed by atoms with E-state index in [1.807, 2.05) is 6.92 Å². The molecule has 1 aromatic heterocycles. The van der Waals surface area contributed by atoms with E-state index in [9.17, 15) is 32.8 Å². The first-order valence-electron chi connectivity index (χ1n) is 9.31. The minimum absolute atomic E-state index is 0.139. The van der Waals surface area contributed by atoms with Crippen molar-refractivity contribution in [3.05, 3.63) is 22.7 Å². The van der Waals surface area contributed by atoms with Crippen molar-refractivity contribution in [3.8, 4) is 0 Å². The van der Waals surface area contributed by atoms with Gasteiger partial charge in [-0.1, -0.05) is 13.3 Å². The second-order valence-electron chi connectivity index (χ2n) is 6.75. The van der Waals surface area contributed by atoms with Gasteiger partial charge in [0.05, 0.1) is 6.61 Å². The number of esters is 1. The lowest BCUT2D eigenvalue weighted by Gasteiger charge is -2.21. The highest BCUT2D eigenvalue weighted by Gasteiger charge is 2.60. The summed E-state index contributed by atoms with van der Waals surface area (Å²) >= 11 is 0. The van der Waals surface area contributed by atoms with Gasteiger partial charge in [-0.15, -0.1) is 0 Å². The maximum atomic E-state index is 14.4. The van der Waals surface area contributed by atoms with Crippen molar-refractivity contribution in [3.63, 3.8) is 0 Å². The molecule has 16 heteroatoms. The Morgan fingerprint density at radius 1 is 1.41 bits per heavy atom. The Labute approximate surface area is 179 Å². The summed E-state index contributed by atoms with van der Waals surface area (Å²) in [5, 5.41) is 11.9. The molecule has 0 saturated carbocycles. The van der Waals surface area contributed by atoms with Crippen LogP contribution >= 0.6 is 7.82 Å². The van der Waals surface area contributed by atoms with Crippen molar-refractivity contribution in [2.75, 3.05) is 18.5 Å². The number of alkyl halides is 2. The fraction of sp³-hybridized carbons (Fsp3) is 0.625. The average molecular weight is 485 g/mol. The summed E-state index contributed by atoms with van der Waals surface area (Å²) in [4.78, 5) is 56.1. The standard InChI is InChI=1S/C16H22F2N3O10P/c1-2-3-4-12(23)29-8-11(22)19-10-5-6-21(15(25)20-10)14-16(17,18)13(24)9(31-14)7-30-32(26,27)28/h5-6,9,13-14,24H,2-4,7-8H2,1H3,(H2,26,27,28)(H,19,20,22,25)/t9-,13-,14-/m1/s1. The van der Waals surface area contributed by atoms with Gasteiger partial charge in [0, 0.05) is 12.6 Å². The van der Waals surface area contributed by atoms with Crippen LogP contribution in [0.2, 0.25) is 0 Å². The molecular formula is C16H22F2N3O10P. The molecule has 1 amide bonds. The van der Waals surface area contributed by atoms with Crippen LogP contribution in [0.25, 0.3) is 0 Å². The Kier molecular flexibility index (Phi) is 8.56. The van der Waals surface area contributed by atoms with Crippen molar-refractivity contribution in [1.29, 1.82) is 0 Å². The number of hydrogen-bond acceptors (Lipinski definition) is 9. The largest absolute Gasteiger partial charge is 0.469 e. The molecule has 0 radical (unpaired) electrons. The van der Waals surface area contributed by atoms with E-state index in [0.717, 1.165) is 18.7 Å². The monoisotopic (exact) mass is 485 g/mol. The van der Waals surface area contributed by atoms with Crippen LogP contribution in [-0.2, 0) is 28.2 Å². The molecule has 32 heavy (non-hydrogen) atoms. The quantitative estimate of drug-likeness (QED) is 0.256. The Bertz CT molecular complexity index is 937. The Morgan fingerprint density at radius 3 is 2.69 bits per heavy atom. The minimum Gasteiger partial charge on any atom is -0.456 e. The molecule has 2 heterocycles.